The minimum Gasteiger partial charge on any atom is -0.467 e. The van der Waals surface area contributed by atoms with Gasteiger partial charge in [0.25, 0.3) is 5.91 Å². The molecule has 144 valence electrons. The molecule has 3 aromatic rings. The normalized spacial score (nSPS) is 11.7. The average molecular weight is 400 g/mol. The average Bonchev–Trinajstić information content (AvgIpc) is 2.68. The molecule has 1 atom stereocenters. The summed E-state index contributed by atoms with van der Waals surface area (Å²) in [7, 11) is 1.27. The zero-order valence-corrected chi connectivity index (χ0v) is 16.3. The van der Waals surface area contributed by atoms with Crippen LogP contribution in [0.4, 0.5) is 0 Å². The van der Waals surface area contributed by atoms with Crippen LogP contribution in [0.15, 0.2) is 42.5 Å². The number of hydrogen-bond acceptors (Lipinski definition) is 6. The van der Waals surface area contributed by atoms with Crippen molar-refractivity contribution in [3.8, 4) is 11.6 Å². The molecule has 0 unspecified atom stereocenters. The lowest BCUT2D eigenvalue weighted by molar-refractivity contribution is -0.142. The van der Waals surface area contributed by atoms with Crippen molar-refractivity contribution in [2.45, 2.75) is 19.9 Å². The van der Waals surface area contributed by atoms with Gasteiger partial charge < -0.3 is 14.8 Å². The van der Waals surface area contributed by atoms with E-state index in [0.29, 0.717) is 38.9 Å². The highest BCUT2D eigenvalue weighted by atomic mass is 35.5. The number of nitrogens with zero attached hydrogens (tertiary/aromatic N) is 2. The smallest absolute Gasteiger partial charge is 0.328 e. The SMILES string of the molecule is COC(=O)[C@H](C)NC(=O)c1ccc(Oc2nc3ccc(Cl)cc3nc2C)cc1. The number of aryl methyl sites for hydroxylation is 1. The zero-order valence-electron chi connectivity index (χ0n) is 15.5. The number of ether oxygens (including phenoxy) is 2. The minimum absolute atomic E-state index is 0.367. The molecule has 0 aliphatic rings. The van der Waals surface area contributed by atoms with Crippen LogP contribution in [-0.4, -0.2) is 35.0 Å². The van der Waals surface area contributed by atoms with Crippen LogP contribution < -0.4 is 10.1 Å². The molecule has 0 bridgehead atoms. The Morgan fingerprint density at radius 3 is 2.46 bits per heavy atom. The van der Waals surface area contributed by atoms with Crippen LogP contribution in [0.3, 0.4) is 0 Å². The Balaban J connectivity index is 1.75. The highest BCUT2D eigenvalue weighted by Crippen LogP contribution is 2.25. The van der Waals surface area contributed by atoms with Gasteiger partial charge in [-0.05, 0) is 56.3 Å². The van der Waals surface area contributed by atoms with Gasteiger partial charge in [0.1, 0.15) is 17.5 Å². The molecule has 0 saturated heterocycles. The Morgan fingerprint density at radius 1 is 1.07 bits per heavy atom. The predicted octanol–water partition coefficient (Wildman–Crippen LogP) is 3.68. The maximum Gasteiger partial charge on any atom is 0.328 e. The second kappa shape index (κ2) is 8.22. The van der Waals surface area contributed by atoms with E-state index in [1.54, 1.807) is 56.3 Å². The van der Waals surface area contributed by atoms with Gasteiger partial charge in [0, 0.05) is 10.6 Å². The van der Waals surface area contributed by atoms with E-state index in [-0.39, 0.29) is 5.91 Å². The zero-order chi connectivity index (χ0) is 20.3. The summed E-state index contributed by atoms with van der Waals surface area (Å²) in [5, 5.41) is 3.15. The summed E-state index contributed by atoms with van der Waals surface area (Å²) in [5.74, 6) is -0.0300. The quantitative estimate of drug-likeness (QED) is 0.658. The summed E-state index contributed by atoms with van der Waals surface area (Å²) >= 11 is 5.98. The lowest BCUT2D eigenvalue weighted by atomic mass is 10.2. The van der Waals surface area contributed by atoms with E-state index in [2.05, 4.69) is 20.0 Å². The highest BCUT2D eigenvalue weighted by molar-refractivity contribution is 6.31. The summed E-state index contributed by atoms with van der Waals surface area (Å²) in [6.07, 6.45) is 0. The molecule has 0 spiro atoms. The van der Waals surface area contributed by atoms with Crippen molar-refractivity contribution in [1.29, 1.82) is 0 Å². The minimum atomic E-state index is -0.738. The number of carbonyl (C=O) groups is 2. The van der Waals surface area contributed by atoms with Crippen molar-refractivity contribution in [3.63, 3.8) is 0 Å². The van der Waals surface area contributed by atoms with Crippen LogP contribution in [0.1, 0.15) is 23.0 Å². The molecule has 0 radical (unpaired) electrons. The fourth-order valence-corrected chi connectivity index (χ4v) is 2.66. The van der Waals surface area contributed by atoms with Crippen LogP contribution in [-0.2, 0) is 9.53 Å². The second-order valence-electron chi connectivity index (χ2n) is 6.09. The van der Waals surface area contributed by atoms with Crippen molar-refractivity contribution in [2.24, 2.45) is 0 Å². The van der Waals surface area contributed by atoms with Gasteiger partial charge >= 0.3 is 5.97 Å². The Bertz CT molecular complexity index is 1040. The first-order valence-electron chi connectivity index (χ1n) is 8.48. The number of rotatable bonds is 5. The molecule has 3 rings (SSSR count). The molecule has 8 heteroatoms. The number of benzene rings is 2. The Morgan fingerprint density at radius 2 is 1.79 bits per heavy atom. The van der Waals surface area contributed by atoms with Crippen LogP contribution >= 0.6 is 11.6 Å². The summed E-state index contributed by atoms with van der Waals surface area (Å²) < 4.78 is 10.4. The van der Waals surface area contributed by atoms with Crippen LogP contribution in [0.5, 0.6) is 11.6 Å². The van der Waals surface area contributed by atoms with E-state index in [4.69, 9.17) is 16.3 Å². The number of halogens is 1. The third-order valence-electron chi connectivity index (χ3n) is 3.99. The van der Waals surface area contributed by atoms with E-state index in [9.17, 15) is 9.59 Å². The lowest BCUT2D eigenvalue weighted by Gasteiger charge is -2.12. The van der Waals surface area contributed by atoms with Crippen molar-refractivity contribution in [1.82, 2.24) is 15.3 Å². The fraction of sp³-hybridized carbons (Fsp3) is 0.200. The maximum atomic E-state index is 12.2. The molecule has 7 nitrogen and oxygen atoms in total. The summed E-state index contributed by atoms with van der Waals surface area (Å²) in [6.45, 7) is 3.34. The monoisotopic (exact) mass is 399 g/mol. The van der Waals surface area contributed by atoms with Crippen molar-refractivity contribution < 1.29 is 19.1 Å². The van der Waals surface area contributed by atoms with E-state index >= 15 is 0 Å². The molecule has 28 heavy (non-hydrogen) atoms. The molecule has 1 amide bonds. The molecular formula is C20H18ClN3O4. The van der Waals surface area contributed by atoms with Gasteiger partial charge in [-0.15, -0.1) is 0 Å². The Labute approximate surface area is 166 Å². The number of aromatic nitrogens is 2. The molecule has 0 fully saturated rings. The summed E-state index contributed by atoms with van der Waals surface area (Å²) in [5.41, 5.74) is 2.35. The van der Waals surface area contributed by atoms with Crippen molar-refractivity contribution in [2.75, 3.05) is 7.11 Å². The van der Waals surface area contributed by atoms with Gasteiger partial charge in [0.15, 0.2) is 0 Å². The molecule has 1 heterocycles. The van der Waals surface area contributed by atoms with Crippen LogP contribution in [0.2, 0.25) is 5.02 Å². The van der Waals surface area contributed by atoms with Crippen LogP contribution in [0, 0.1) is 6.92 Å². The van der Waals surface area contributed by atoms with E-state index in [1.807, 2.05) is 0 Å². The van der Waals surface area contributed by atoms with Gasteiger partial charge in [0.2, 0.25) is 5.88 Å². The summed E-state index contributed by atoms with van der Waals surface area (Å²) in [6, 6.07) is 11.0. The van der Waals surface area contributed by atoms with Gasteiger partial charge in [-0.2, -0.15) is 0 Å². The molecule has 0 saturated carbocycles. The lowest BCUT2D eigenvalue weighted by Crippen LogP contribution is -2.39. The van der Waals surface area contributed by atoms with Gasteiger partial charge in [0.05, 0.1) is 18.1 Å². The number of hydrogen-bond donors (Lipinski definition) is 1. The molecule has 1 aromatic heterocycles. The van der Waals surface area contributed by atoms with Crippen molar-refractivity contribution in [3.05, 3.63) is 58.7 Å². The molecule has 2 aromatic carbocycles. The number of carbonyl (C=O) groups excluding carboxylic acids is 2. The second-order valence-corrected chi connectivity index (χ2v) is 6.53. The largest absolute Gasteiger partial charge is 0.467 e. The molecule has 1 N–H and O–H groups in total. The first-order valence-corrected chi connectivity index (χ1v) is 8.85. The van der Waals surface area contributed by atoms with E-state index < -0.39 is 12.0 Å². The molecule has 0 aliphatic heterocycles. The fourth-order valence-electron chi connectivity index (χ4n) is 2.50. The van der Waals surface area contributed by atoms with Gasteiger partial charge in [-0.25, -0.2) is 14.8 Å². The number of nitrogens with one attached hydrogen (secondary N) is 1. The van der Waals surface area contributed by atoms with E-state index in [0.717, 1.165) is 0 Å². The predicted molar refractivity (Wildman–Crippen MR) is 105 cm³/mol. The molecule has 0 aliphatic carbocycles. The Hall–Kier alpha value is -3.19. The van der Waals surface area contributed by atoms with Gasteiger partial charge in [-0.3, -0.25) is 4.79 Å². The topological polar surface area (TPSA) is 90.4 Å². The number of amides is 1. The maximum absolute atomic E-state index is 12.2. The number of esters is 1. The first-order chi connectivity index (χ1) is 13.4. The number of methoxy groups -OCH3 is 1. The number of fused-ring (bicyclic) bond motifs is 1. The highest BCUT2D eigenvalue weighted by Gasteiger charge is 2.17. The van der Waals surface area contributed by atoms with E-state index in [1.165, 1.54) is 7.11 Å². The molecular weight excluding hydrogens is 382 g/mol. The van der Waals surface area contributed by atoms with Crippen LogP contribution in [0.25, 0.3) is 11.0 Å². The van der Waals surface area contributed by atoms with Gasteiger partial charge in [-0.1, -0.05) is 11.6 Å². The third-order valence-corrected chi connectivity index (χ3v) is 4.23. The standard InChI is InChI=1S/C20H18ClN3O4/c1-11-19(24-16-9-6-14(21)10-17(16)22-11)28-15-7-4-13(5-8-15)18(25)23-12(2)20(26)27-3/h4-10,12H,1-3H3,(H,23,25)/t12-/m0/s1. The first kappa shape index (κ1) is 19.6. The van der Waals surface area contributed by atoms with Crippen molar-refractivity contribution >= 4 is 34.5 Å². The Kier molecular flexibility index (Phi) is 5.75. The summed E-state index contributed by atoms with van der Waals surface area (Å²) in [4.78, 5) is 32.5. The third kappa shape index (κ3) is 4.37.